The molecule has 2 heterocycles. The van der Waals surface area contributed by atoms with Crippen molar-refractivity contribution in [3.8, 4) is 5.75 Å². The molecule has 10 heteroatoms. The highest BCUT2D eigenvalue weighted by Gasteiger charge is 2.33. The molecule has 1 saturated carbocycles. The molecule has 0 aliphatic heterocycles. The van der Waals surface area contributed by atoms with Gasteiger partial charge in [-0.1, -0.05) is 39.5 Å². The van der Waals surface area contributed by atoms with Gasteiger partial charge in [-0.25, -0.2) is 0 Å². The van der Waals surface area contributed by atoms with E-state index in [1.807, 2.05) is 10.9 Å². The molecule has 1 N–H and O–H groups in total. The van der Waals surface area contributed by atoms with Crippen molar-refractivity contribution in [2.45, 2.75) is 64.6 Å². The summed E-state index contributed by atoms with van der Waals surface area (Å²) >= 11 is 0. The number of halogens is 3. The van der Waals surface area contributed by atoms with Crippen molar-refractivity contribution in [1.82, 2.24) is 20.0 Å². The van der Waals surface area contributed by atoms with E-state index < -0.39 is 17.8 Å². The maximum absolute atomic E-state index is 12.6. The van der Waals surface area contributed by atoms with Gasteiger partial charge in [-0.05, 0) is 31.0 Å². The maximum atomic E-state index is 12.6. The first-order valence-electron chi connectivity index (χ1n) is 11.1. The average molecular weight is 464 g/mol. The molecule has 1 aliphatic rings. The molecule has 0 unspecified atom stereocenters. The summed E-state index contributed by atoms with van der Waals surface area (Å²) in [5.74, 6) is -0.293. The fourth-order valence-electron chi connectivity index (χ4n) is 3.66. The quantitative estimate of drug-likeness (QED) is 0.511. The predicted molar refractivity (Wildman–Crippen MR) is 119 cm³/mol. The van der Waals surface area contributed by atoms with Gasteiger partial charge in [-0.15, -0.1) is 10.2 Å². The fourth-order valence-corrected chi connectivity index (χ4v) is 3.66. The molecule has 0 radical (unpaired) electrons. The molecule has 178 valence electrons. The summed E-state index contributed by atoms with van der Waals surface area (Å²) in [5.41, 5.74) is -0.277. The summed E-state index contributed by atoms with van der Waals surface area (Å²) in [6, 6.07) is 5.52. The number of carbonyl (C=O) groups excluding carboxylic acids is 1. The second-order valence-corrected chi connectivity index (χ2v) is 7.98. The van der Waals surface area contributed by atoms with Gasteiger partial charge < -0.3 is 10.1 Å². The smallest absolute Gasteiger partial charge is 0.435 e. The number of anilines is 1. The lowest BCUT2D eigenvalue weighted by Crippen LogP contribution is -2.17. The van der Waals surface area contributed by atoms with Gasteiger partial charge in [0.1, 0.15) is 5.75 Å². The number of ether oxygens (including phenoxy) is 1. The van der Waals surface area contributed by atoms with Crippen LogP contribution < -0.4 is 10.1 Å². The Morgan fingerprint density at radius 1 is 1.15 bits per heavy atom. The number of nitrogens with zero attached hydrogens (tertiary/aromatic N) is 4. The van der Waals surface area contributed by atoms with Gasteiger partial charge in [0.05, 0.1) is 24.4 Å². The average Bonchev–Trinajstić information content (AvgIpc) is 3.22. The zero-order valence-electron chi connectivity index (χ0n) is 18.9. The van der Waals surface area contributed by atoms with Crippen LogP contribution in [-0.4, -0.2) is 33.0 Å². The topological polar surface area (TPSA) is 81.9 Å². The van der Waals surface area contributed by atoms with Gasteiger partial charge in [-0.3, -0.25) is 9.48 Å². The molecule has 1 amide bonds. The van der Waals surface area contributed by atoms with Gasteiger partial charge in [0, 0.05) is 17.6 Å². The first-order valence-corrected chi connectivity index (χ1v) is 11.1. The largest absolute Gasteiger partial charge is 0.494 e. The highest BCUT2D eigenvalue weighted by atomic mass is 19.4. The van der Waals surface area contributed by atoms with Crippen LogP contribution in [0.3, 0.4) is 0 Å². The first kappa shape index (κ1) is 24.5. The number of hydrogen-bond donors (Lipinski definition) is 1. The summed E-state index contributed by atoms with van der Waals surface area (Å²) in [6.45, 7) is 4.25. The van der Waals surface area contributed by atoms with Crippen molar-refractivity contribution in [2.75, 3.05) is 12.4 Å². The van der Waals surface area contributed by atoms with Crippen LogP contribution in [0.4, 0.5) is 18.9 Å². The molecule has 0 saturated heterocycles. The Kier molecular flexibility index (Phi) is 7.88. The van der Waals surface area contributed by atoms with Crippen LogP contribution in [0.2, 0.25) is 0 Å². The predicted octanol–water partition coefficient (Wildman–Crippen LogP) is 6.03. The molecule has 3 aromatic rings. The van der Waals surface area contributed by atoms with E-state index in [0.29, 0.717) is 17.5 Å². The van der Waals surface area contributed by atoms with Crippen LogP contribution in [0.25, 0.3) is 10.9 Å². The molecule has 1 aliphatic carbocycles. The van der Waals surface area contributed by atoms with Crippen LogP contribution in [0.5, 0.6) is 5.75 Å². The Morgan fingerprint density at radius 3 is 2.42 bits per heavy atom. The van der Waals surface area contributed by atoms with Gasteiger partial charge in [-0.2, -0.15) is 18.3 Å². The molecule has 4 rings (SSSR count). The zero-order chi connectivity index (χ0) is 24.0. The maximum Gasteiger partial charge on any atom is 0.435 e. The van der Waals surface area contributed by atoms with E-state index in [9.17, 15) is 18.0 Å². The molecular weight excluding hydrogens is 435 g/mol. The van der Waals surface area contributed by atoms with E-state index in [0.717, 1.165) is 35.9 Å². The van der Waals surface area contributed by atoms with Gasteiger partial charge in [0.25, 0.3) is 5.91 Å². The van der Waals surface area contributed by atoms with Gasteiger partial charge >= 0.3 is 6.18 Å². The summed E-state index contributed by atoms with van der Waals surface area (Å²) in [4.78, 5) is 12.5. The number of carbonyl (C=O) groups is 1. The SMILES string of the molecule is CCC.COc1cc2nn(C3CCCCC3)cc2cc1NC(=O)c1ccc(C(F)(F)F)nn1. The summed E-state index contributed by atoms with van der Waals surface area (Å²) in [5, 5.41) is 14.6. The highest BCUT2D eigenvalue weighted by molar-refractivity contribution is 6.04. The van der Waals surface area contributed by atoms with Crippen LogP contribution in [-0.2, 0) is 6.18 Å². The third-order valence-corrected chi connectivity index (χ3v) is 5.23. The lowest BCUT2D eigenvalue weighted by atomic mass is 9.96. The Bertz CT molecular complexity index is 1070. The number of nitrogens with one attached hydrogen (secondary N) is 1. The van der Waals surface area contributed by atoms with E-state index in [2.05, 4.69) is 34.5 Å². The molecule has 1 aromatic carbocycles. The van der Waals surface area contributed by atoms with Crippen molar-refractivity contribution in [1.29, 1.82) is 0 Å². The number of rotatable bonds is 4. The Balaban J connectivity index is 0.000000968. The number of methoxy groups -OCH3 is 1. The molecule has 0 bridgehead atoms. The Morgan fingerprint density at radius 2 is 1.85 bits per heavy atom. The minimum atomic E-state index is -4.62. The third kappa shape index (κ3) is 6.00. The van der Waals surface area contributed by atoms with Crippen molar-refractivity contribution < 1.29 is 22.7 Å². The van der Waals surface area contributed by atoms with Crippen molar-refractivity contribution in [3.05, 3.63) is 41.9 Å². The number of fused-ring (bicyclic) bond motifs is 1. The van der Waals surface area contributed by atoms with Gasteiger partial charge in [0.2, 0.25) is 0 Å². The second kappa shape index (κ2) is 10.6. The minimum Gasteiger partial charge on any atom is -0.494 e. The fraction of sp³-hybridized carbons (Fsp3) is 0.478. The number of hydrogen-bond acceptors (Lipinski definition) is 5. The molecule has 7 nitrogen and oxygen atoms in total. The van der Waals surface area contributed by atoms with Crippen LogP contribution in [0, 0.1) is 0 Å². The molecule has 0 spiro atoms. The molecule has 33 heavy (non-hydrogen) atoms. The van der Waals surface area contributed by atoms with Gasteiger partial charge in [0.15, 0.2) is 11.4 Å². The lowest BCUT2D eigenvalue weighted by Gasteiger charge is -2.21. The minimum absolute atomic E-state index is 0.233. The van der Waals surface area contributed by atoms with Crippen molar-refractivity contribution in [2.24, 2.45) is 0 Å². The van der Waals surface area contributed by atoms with E-state index in [4.69, 9.17) is 4.74 Å². The number of alkyl halides is 3. The Hall–Kier alpha value is -3.17. The molecule has 2 aromatic heterocycles. The van der Waals surface area contributed by atoms with Crippen LogP contribution in [0.1, 0.15) is 74.6 Å². The molecule has 0 atom stereocenters. The van der Waals surface area contributed by atoms with E-state index in [1.54, 1.807) is 12.1 Å². The standard InChI is InChI=1S/C20H20F3N5O2.C3H8/c1-30-17-10-15-12(11-28(27-15)13-5-3-2-4-6-13)9-16(17)24-19(29)14-7-8-18(26-25-14)20(21,22)23;1-3-2/h7-11,13H,2-6H2,1H3,(H,24,29);3H2,1-2H3. The second-order valence-electron chi connectivity index (χ2n) is 7.98. The Labute approximate surface area is 190 Å². The monoisotopic (exact) mass is 463 g/mol. The van der Waals surface area contributed by atoms with E-state index in [1.165, 1.54) is 32.8 Å². The first-order chi connectivity index (χ1) is 15.8. The molecular formula is C23H28F3N5O2. The van der Waals surface area contributed by atoms with Crippen molar-refractivity contribution >= 4 is 22.5 Å². The summed E-state index contributed by atoms with van der Waals surface area (Å²) in [6.07, 6.45) is 4.35. The van der Waals surface area contributed by atoms with Crippen LogP contribution in [0.15, 0.2) is 30.5 Å². The highest BCUT2D eigenvalue weighted by Crippen LogP contribution is 2.33. The van der Waals surface area contributed by atoms with E-state index >= 15 is 0 Å². The van der Waals surface area contributed by atoms with E-state index in [-0.39, 0.29) is 5.69 Å². The number of benzene rings is 1. The van der Waals surface area contributed by atoms with Crippen LogP contribution >= 0.6 is 0 Å². The summed E-state index contributed by atoms with van der Waals surface area (Å²) in [7, 11) is 1.47. The number of aromatic nitrogens is 4. The van der Waals surface area contributed by atoms with Crippen molar-refractivity contribution in [3.63, 3.8) is 0 Å². The molecule has 1 fully saturated rings. The number of amides is 1. The zero-order valence-corrected chi connectivity index (χ0v) is 18.9. The third-order valence-electron chi connectivity index (χ3n) is 5.23. The lowest BCUT2D eigenvalue weighted by molar-refractivity contribution is -0.141. The summed E-state index contributed by atoms with van der Waals surface area (Å²) < 4.78 is 45.2. The normalized spacial score (nSPS) is 14.5.